The van der Waals surface area contributed by atoms with Crippen molar-refractivity contribution in [3.8, 4) is 0 Å². The molecule has 1 atom stereocenters. The van der Waals surface area contributed by atoms with Crippen LogP contribution in [0.4, 0.5) is 18.9 Å². The molecule has 1 unspecified atom stereocenters. The van der Waals surface area contributed by atoms with Gasteiger partial charge in [0.05, 0.1) is 4.90 Å². The highest BCUT2D eigenvalue weighted by Gasteiger charge is 2.46. The van der Waals surface area contributed by atoms with E-state index in [0.29, 0.717) is 5.69 Å². The Bertz CT molecular complexity index is 650. The molecule has 1 heterocycles. The zero-order valence-electron chi connectivity index (χ0n) is 9.88. The van der Waals surface area contributed by atoms with Crippen LogP contribution in [0.3, 0.4) is 0 Å². The number of nitrogens with zero attached hydrogens (tertiary/aromatic N) is 1. The van der Waals surface area contributed by atoms with Crippen LogP contribution in [0.25, 0.3) is 0 Å². The summed E-state index contributed by atoms with van der Waals surface area (Å²) in [7, 11) is -5.32. The van der Waals surface area contributed by atoms with Crippen molar-refractivity contribution in [3.63, 3.8) is 0 Å². The van der Waals surface area contributed by atoms with E-state index in [2.05, 4.69) is 0 Å². The predicted octanol–water partition coefficient (Wildman–Crippen LogP) is 3.43. The molecule has 8 heteroatoms. The molecule has 0 spiro atoms. The van der Waals surface area contributed by atoms with Gasteiger partial charge >= 0.3 is 5.51 Å². The first-order valence-electron chi connectivity index (χ1n) is 5.42. The van der Waals surface area contributed by atoms with Gasteiger partial charge in [-0.2, -0.15) is 13.2 Å². The van der Waals surface area contributed by atoms with Gasteiger partial charge in [-0.05, 0) is 36.4 Å². The molecule has 0 saturated heterocycles. The lowest BCUT2D eigenvalue weighted by Crippen LogP contribution is -2.26. The number of allylic oxidation sites excluding steroid dienone is 2. The highest BCUT2D eigenvalue weighted by molar-refractivity contribution is 7.92. The third-order valence-corrected chi connectivity index (χ3v) is 4.50. The minimum atomic E-state index is -5.32. The van der Waals surface area contributed by atoms with Gasteiger partial charge in [-0.25, -0.2) is 8.42 Å². The number of alkyl halides is 4. The second kappa shape index (κ2) is 5.14. The monoisotopic (exact) mass is 323 g/mol. The van der Waals surface area contributed by atoms with Crippen molar-refractivity contribution in [3.05, 3.63) is 48.7 Å². The Labute approximate surface area is 118 Å². The third-order valence-electron chi connectivity index (χ3n) is 2.64. The largest absolute Gasteiger partial charge is 0.501 e. The third kappa shape index (κ3) is 2.69. The predicted molar refractivity (Wildman–Crippen MR) is 70.1 cm³/mol. The lowest BCUT2D eigenvalue weighted by Gasteiger charge is -2.25. The Hall–Kier alpha value is -1.47. The number of anilines is 1. The summed E-state index contributed by atoms with van der Waals surface area (Å²) in [5.41, 5.74) is -5.30. The van der Waals surface area contributed by atoms with Crippen molar-refractivity contribution in [2.45, 2.75) is 15.9 Å². The molecule has 0 N–H and O–H groups in total. The Morgan fingerprint density at radius 3 is 2.20 bits per heavy atom. The van der Waals surface area contributed by atoms with E-state index in [-0.39, 0.29) is 0 Å². The van der Waals surface area contributed by atoms with Crippen molar-refractivity contribution in [2.75, 3.05) is 4.90 Å². The average molecular weight is 324 g/mol. The molecule has 3 nitrogen and oxygen atoms in total. The van der Waals surface area contributed by atoms with Crippen LogP contribution < -0.4 is 4.90 Å². The Morgan fingerprint density at radius 2 is 1.70 bits per heavy atom. The van der Waals surface area contributed by atoms with Crippen molar-refractivity contribution < 1.29 is 21.6 Å². The number of halogens is 4. The van der Waals surface area contributed by atoms with E-state index < -0.39 is 25.7 Å². The minimum Gasteiger partial charge on any atom is -0.328 e. The van der Waals surface area contributed by atoms with Crippen LogP contribution in [0.15, 0.2) is 53.6 Å². The van der Waals surface area contributed by atoms with E-state index in [1.54, 1.807) is 29.3 Å². The van der Waals surface area contributed by atoms with Crippen molar-refractivity contribution in [2.24, 2.45) is 0 Å². The van der Waals surface area contributed by atoms with E-state index in [4.69, 9.17) is 11.6 Å². The van der Waals surface area contributed by atoms with Gasteiger partial charge in [-0.3, -0.25) is 0 Å². The van der Waals surface area contributed by atoms with E-state index in [1.165, 1.54) is 12.1 Å². The molecule has 0 saturated carbocycles. The number of rotatable bonds is 2. The molecular weight excluding hydrogens is 315 g/mol. The molecule has 0 radical (unpaired) electrons. The molecule has 1 aromatic rings. The maximum atomic E-state index is 12.4. The fourth-order valence-electron chi connectivity index (χ4n) is 1.63. The van der Waals surface area contributed by atoms with Crippen LogP contribution in [0.2, 0.25) is 0 Å². The van der Waals surface area contributed by atoms with E-state index >= 15 is 0 Å². The first-order valence-corrected chi connectivity index (χ1v) is 7.34. The molecule has 1 aliphatic rings. The zero-order valence-corrected chi connectivity index (χ0v) is 11.5. The number of hydrogen-bond acceptors (Lipinski definition) is 3. The standard InChI is InChI=1S/C12H9ClF3NO2S/c13-11-3-1-2-8-17(11)9-4-6-10(7-5-9)20(18,19)12(14,15)16/h1-8,11H. The van der Waals surface area contributed by atoms with Gasteiger partial charge in [-0.15, -0.1) is 0 Å². The Morgan fingerprint density at radius 1 is 1.10 bits per heavy atom. The van der Waals surface area contributed by atoms with E-state index in [0.717, 1.165) is 12.1 Å². The number of hydrogen-bond donors (Lipinski definition) is 0. The summed E-state index contributed by atoms with van der Waals surface area (Å²) >= 11 is 6.01. The molecule has 0 amide bonds. The van der Waals surface area contributed by atoms with Crippen LogP contribution in [0.1, 0.15) is 0 Å². The molecule has 0 fully saturated rings. The van der Waals surface area contributed by atoms with Crippen molar-refractivity contribution in [1.29, 1.82) is 0 Å². The molecule has 0 bridgehead atoms. The van der Waals surface area contributed by atoms with Gasteiger partial charge in [0.1, 0.15) is 5.50 Å². The van der Waals surface area contributed by atoms with E-state index in [1.807, 2.05) is 0 Å². The summed E-state index contributed by atoms with van der Waals surface area (Å²) in [5.74, 6) is 0. The normalized spacial score (nSPS) is 19.4. The summed E-state index contributed by atoms with van der Waals surface area (Å²) in [4.78, 5) is 0.794. The molecule has 0 aromatic heterocycles. The molecule has 1 aliphatic heterocycles. The van der Waals surface area contributed by atoms with Gasteiger partial charge in [0.2, 0.25) is 0 Å². The first kappa shape index (κ1) is 14.9. The van der Waals surface area contributed by atoms with E-state index in [9.17, 15) is 21.6 Å². The molecule has 20 heavy (non-hydrogen) atoms. The van der Waals surface area contributed by atoms with Crippen LogP contribution in [0.5, 0.6) is 0 Å². The molecule has 2 rings (SSSR count). The highest BCUT2D eigenvalue weighted by Crippen LogP contribution is 2.32. The number of sulfone groups is 1. The SMILES string of the molecule is O=S(=O)(c1ccc(N2C=CC=CC2Cl)cc1)C(F)(F)F. The minimum absolute atomic E-state index is 0.481. The maximum Gasteiger partial charge on any atom is 0.501 e. The Balaban J connectivity index is 2.32. The summed E-state index contributed by atoms with van der Waals surface area (Å²) in [6, 6.07) is 4.37. The quantitative estimate of drug-likeness (QED) is 0.618. The summed E-state index contributed by atoms with van der Waals surface area (Å²) in [6.45, 7) is 0. The van der Waals surface area contributed by atoms with Gasteiger partial charge in [0.25, 0.3) is 9.84 Å². The lowest BCUT2D eigenvalue weighted by atomic mass is 10.2. The van der Waals surface area contributed by atoms with Crippen LogP contribution in [-0.2, 0) is 9.84 Å². The second-order valence-corrected chi connectivity index (χ2v) is 6.34. The Kier molecular flexibility index (Phi) is 3.84. The van der Waals surface area contributed by atoms with Crippen LogP contribution in [0, 0.1) is 0 Å². The van der Waals surface area contributed by atoms with Crippen molar-refractivity contribution >= 4 is 27.1 Å². The van der Waals surface area contributed by atoms with Crippen molar-refractivity contribution in [1.82, 2.24) is 0 Å². The fraction of sp³-hybridized carbons (Fsp3) is 0.167. The fourth-order valence-corrected chi connectivity index (χ4v) is 2.66. The molecule has 1 aromatic carbocycles. The molecule has 0 aliphatic carbocycles. The number of benzene rings is 1. The average Bonchev–Trinajstić information content (AvgIpc) is 2.38. The highest BCUT2D eigenvalue weighted by atomic mass is 35.5. The van der Waals surface area contributed by atoms with Gasteiger partial charge in [0, 0.05) is 11.9 Å². The van der Waals surface area contributed by atoms with Gasteiger partial charge < -0.3 is 4.90 Å². The lowest BCUT2D eigenvalue weighted by molar-refractivity contribution is -0.0436. The van der Waals surface area contributed by atoms with Crippen LogP contribution >= 0.6 is 11.6 Å². The summed E-state index contributed by atoms with van der Waals surface area (Å²) < 4.78 is 59.6. The second-order valence-electron chi connectivity index (χ2n) is 3.95. The molecular formula is C12H9ClF3NO2S. The molecule has 108 valence electrons. The summed E-state index contributed by atoms with van der Waals surface area (Å²) in [6.07, 6.45) is 6.77. The smallest absolute Gasteiger partial charge is 0.328 e. The van der Waals surface area contributed by atoms with Gasteiger partial charge in [-0.1, -0.05) is 17.7 Å². The first-order chi connectivity index (χ1) is 9.23. The van der Waals surface area contributed by atoms with Gasteiger partial charge in [0.15, 0.2) is 0 Å². The zero-order chi connectivity index (χ0) is 15.0. The maximum absolute atomic E-state index is 12.4. The topological polar surface area (TPSA) is 37.4 Å². The summed E-state index contributed by atoms with van der Waals surface area (Å²) in [5, 5.41) is 0. The van der Waals surface area contributed by atoms with Crippen LogP contribution in [-0.4, -0.2) is 19.4 Å².